The molecule has 0 fully saturated rings. The fourth-order valence-electron chi connectivity index (χ4n) is 1.57. The van der Waals surface area contributed by atoms with Gasteiger partial charge in [0.15, 0.2) is 0 Å². The summed E-state index contributed by atoms with van der Waals surface area (Å²) in [5.74, 6) is 0.857. The minimum absolute atomic E-state index is 0.201. The highest BCUT2D eigenvalue weighted by molar-refractivity contribution is 5.95. The van der Waals surface area contributed by atoms with Crippen molar-refractivity contribution >= 4 is 11.8 Å². The number of aryl methyl sites for hydroxylation is 1. The number of hydrogen-bond donors (Lipinski definition) is 1. The smallest absolute Gasteiger partial charge is 0.343 e. The lowest BCUT2D eigenvalue weighted by Crippen LogP contribution is -2.15. The number of nitrogens with zero attached hydrogens (tertiary/aromatic N) is 2. The van der Waals surface area contributed by atoms with Gasteiger partial charge in [-0.25, -0.2) is 14.8 Å². The van der Waals surface area contributed by atoms with Crippen molar-refractivity contribution in [3.8, 4) is 0 Å². The Morgan fingerprint density at radius 2 is 2.06 bits per heavy atom. The molecule has 1 heterocycles. The van der Waals surface area contributed by atoms with Crippen LogP contribution in [-0.4, -0.2) is 22.5 Å². The van der Waals surface area contributed by atoms with Crippen LogP contribution in [0.15, 0.2) is 0 Å². The second kappa shape index (κ2) is 5.61. The van der Waals surface area contributed by atoms with Gasteiger partial charge in [0.25, 0.3) is 0 Å². The van der Waals surface area contributed by atoms with Gasteiger partial charge in [0, 0.05) is 6.42 Å². The average molecular weight is 237 g/mol. The second-order valence-electron chi connectivity index (χ2n) is 4.30. The van der Waals surface area contributed by atoms with Gasteiger partial charge in [0.1, 0.15) is 17.2 Å². The van der Waals surface area contributed by atoms with Crippen LogP contribution in [-0.2, 0) is 11.2 Å². The standard InChI is InChI=1S/C12H19N3O2/c1-5-17-12(16)10-8(4)14-9(6-7(2)3)15-11(10)13/h7H,5-6H2,1-4H3,(H2,13,14,15). The van der Waals surface area contributed by atoms with E-state index < -0.39 is 5.97 Å². The first-order valence-electron chi connectivity index (χ1n) is 5.75. The summed E-state index contributed by atoms with van der Waals surface area (Å²) in [6.45, 7) is 7.96. The molecule has 0 amide bonds. The predicted molar refractivity (Wildman–Crippen MR) is 65.7 cm³/mol. The zero-order valence-electron chi connectivity index (χ0n) is 10.8. The topological polar surface area (TPSA) is 78.1 Å². The molecule has 0 saturated carbocycles. The lowest BCUT2D eigenvalue weighted by molar-refractivity contribution is 0.0526. The minimum Gasteiger partial charge on any atom is -0.462 e. The largest absolute Gasteiger partial charge is 0.462 e. The van der Waals surface area contributed by atoms with Gasteiger partial charge < -0.3 is 10.5 Å². The molecular formula is C12H19N3O2. The summed E-state index contributed by atoms with van der Waals surface area (Å²) in [4.78, 5) is 20.1. The maximum Gasteiger partial charge on any atom is 0.343 e. The summed E-state index contributed by atoms with van der Waals surface area (Å²) in [7, 11) is 0. The van der Waals surface area contributed by atoms with E-state index in [1.165, 1.54) is 0 Å². The first kappa shape index (κ1) is 13.4. The van der Waals surface area contributed by atoms with Crippen molar-refractivity contribution in [2.45, 2.75) is 34.1 Å². The third kappa shape index (κ3) is 3.41. The van der Waals surface area contributed by atoms with Crippen LogP contribution >= 0.6 is 0 Å². The van der Waals surface area contributed by atoms with Gasteiger partial charge in [-0.2, -0.15) is 0 Å². The molecule has 0 aliphatic rings. The molecular weight excluding hydrogens is 218 g/mol. The maximum atomic E-state index is 11.6. The quantitative estimate of drug-likeness (QED) is 0.807. The van der Waals surface area contributed by atoms with Gasteiger partial charge in [0.2, 0.25) is 0 Å². The molecule has 5 heteroatoms. The number of nitrogens with two attached hydrogens (primary N) is 1. The van der Waals surface area contributed by atoms with Crippen molar-refractivity contribution in [3.05, 3.63) is 17.1 Å². The molecule has 5 nitrogen and oxygen atoms in total. The van der Waals surface area contributed by atoms with Crippen LogP contribution in [0, 0.1) is 12.8 Å². The minimum atomic E-state index is -0.460. The zero-order chi connectivity index (χ0) is 13.0. The first-order chi connectivity index (χ1) is 7.95. The van der Waals surface area contributed by atoms with E-state index in [1.54, 1.807) is 13.8 Å². The predicted octanol–water partition coefficient (Wildman–Crippen LogP) is 1.74. The zero-order valence-corrected chi connectivity index (χ0v) is 10.8. The van der Waals surface area contributed by atoms with Gasteiger partial charge >= 0.3 is 5.97 Å². The Balaban J connectivity index is 3.06. The van der Waals surface area contributed by atoms with Crippen LogP contribution < -0.4 is 5.73 Å². The fraction of sp³-hybridized carbons (Fsp3) is 0.583. The molecule has 0 spiro atoms. The van der Waals surface area contributed by atoms with Crippen LogP contribution in [0.25, 0.3) is 0 Å². The van der Waals surface area contributed by atoms with Crippen molar-refractivity contribution in [2.75, 3.05) is 12.3 Å². The third-order valence-electron chi connectivity index (χ3n) is 2.23. The second-order valence-corrected chi connectivity index (χ2v) is 4.30. The normalized spacial score (nSPS) is 10.6. The molecule has 0 saturated heterocycles. The highest BCUT2D eigenvalue weighted by atomic mass is 16.5. The van der Waals surface area contributed by atoms with Crippen LogP contribution in [0.2, 0.25) is 0 Å². The summed E-state index contributed by atoms with van der Waals surface area (Å²) in [5, 5.41) is 0. The van der Waals surface area contributed by atoms with Crippen molar-refractivity contribution in [3.63, 3.8) is 0 Å². The molecule has 17 heavy (non-hydrogen) atoms. The van der Waals surface area contributed by atoms with E-state index in [-0.39, 0.29) is 11.4 Å². The third-order valence-corrected chi connectivity index (χ3v) is 2.23. The van der Waals surface area contributed by atoms with Gasteiger partial charge in [0.05, 0.1) is 12.3 Å². The van der Waals surface area contributed by atoms with E-state index in [9.17, 15) is 4.79 Å². The number of nitrogen functional groups attached to an aromatic ring is 1. The molecule has 2 N–H and O–H groups in total. The number of ether oxygens (including phenoxy) is 1. The SMILES string of the molecule is CCOC(=O)c1c(C)nc(CC(C)C)nc1N. The maximum absolute atomic E-state index is 11.6. The number of anilines is 1. The Morgan fingerprint density at radius 3 is 2.53 bits per heavy atom. The molecule has 0 atom stereocenters. The van der Waals surface area contributed by atoms with Crippen LogP contribution in [0.3, 0.4) is 0 Å². The molecule has 0 radical (unpaired) electrons. The van der Waals surface area contributed by atoms with E-state index in [1.807, 2.05) is 0 Å². The molecule has 0 aliphatic heterocycles. The summed E-state index contributed by atoms with van der Waals surface area (Å²) >= 11 is 0. The number of carbonyl (C=O) groups is 1. The molecule has 94 valence electrons. The average Bonchev–Trinajstić information content (AvgIpc) is 2.15. The molecule has 1 aromatic rings. The molecule has 0 bridgehead atoms. The number of rotatable bonds is 4. The Bertz CT molecular complexity index is 393. The van der Waals surface area contributed by atoms with Gasteiger partial charge in [-0.1, -0.05) is 13.8 Å². The Morgan fingerprint density at radius 1 is 1.41 bits per heavy atom. The molecule has 1 aromatic heterocycles. The number of carbonyl (C=O) groups excluding carboxylic acids is 1. The van der Waals surface area contributed by atoms with Crippen molar-refractivity contribution in [1.82, 2.24) is 9.97 Å². The van der Waals surface area contributed by atoms with Gasteiger partial charge in [-0.15, -0.1) is 0 Å². The van der Waals surface area contributed by atoms with Crippen molar-refractivity contribution in [2.24, 2.45) is 5.92 Å². The highest BCUT2D eigenvalue weighted by Gasteiger charge is 2.18. The van der Waals surface area contributed by atoms with Gasteiger partial charge in [-0.05, 0) is 19.8 Å². The summed E-state index contributed by atoms with van der Waals surface area (Å²) in [5.41, 5.74) is 6.63. The van der Waals surface area contributed by atoms with E-state index in [0.717, 1.165) is 6.42 Å². The Labute approximate surface area is 101 Å². The number of esters is 1. The molecule has 0 aliphatic carbocycles. The lowest BCUT2D eigenvalue weighted by Gasteiger charge is -2.10. The summed E-state index contributed by atoms with van der Waals surface area (Å²) < 4.78 is 4.91. The molecule has 1 rings (SSSR count). The summed E-state index contributed by atoms with van der Waals surface area (Å²) in [6.07, 6.45) is 0.744. The van der Waals surface area contributed by atoms with Crippen molar-refractivity contribution < 1.29 is 9.53 Å². The van der Waals surface area contributed by atoms with E-state index in [4.69, 9.17) is 10.5 Å². The lowest BCUT2D eigenvalue weighted by atomic mass is 10.1. The van der Waals surface area contributed by atoms with Crippen molar-refractivity contribution in [1.29, 1.82) is 0 Å². The van der Waals surface area contributed by atoms with Crippen LogP contribution in [0.5, 0.6) is 0 Å². The van der Waals surface area contributed by atoms with E-state index in [0.29, 0.717) is 24.0 Å². The summed E-state index contributed by atoms with van der Waals surface area (Å²) in [6, 6.07) is 0. The molecule has 0 unspecified atom stereocenters. The van der Waals surface area contributed by atoms with E-state index >= 15 is 0 Å². The Kier molecular flexibility index (Phi) is 4.43. The van der Waals surface area contributed by atoms with Crippen LogP contribution in [0.1, 0.15) is 42.6 Å². The number of aromatic nitrogens is 2. The monoisotopic (exact) mass is 237 g/mol. The van der Waals surface area contributed by atoms with Crippen LogP contribution in [0.4, 0.5) is 5.82 Å². The van der Waals surface area contributed by atoms with E-state index in [2.05, 4.69) is 23.8 Å². The highest BCUT2D eigenvalue weighted by Crippen LogP contribution is 2.16. The van der Waals surface area contributed by atoms with Gasteiger partial charge in [-0.3, -0.25) is 0 Å². The first-order valence-corrected chi connectivity index (χ1v) is 5.75. The Hall–Kier alpha value is -1.65. The fourth-order valence-corrected chi connectivity index (χ4v) is 1.57. The molecule has 0 aromatic carbocycles. The number of hydrogen-bond acceptors (Lipinski definition) is 5.